The molecule has 1 aromatic heterocycles. The quantitative estimate of drug-likeness (QED) is 0.579. The molecule has 0 amide bonds. The summed E-state index contributed by atoms with van der Waals surface area (Å²) < 4.78 is 18.8. The molecule has 1 heterocycles. The maximum Gasteiger partial charge on any atom is 0.134 e. The fraction of sp³-hybridized carbons (Fsp3) is 0.176. The maximum absolute atomic E-state index is 13.1. The third kappa shape index (κ3) is 2.86. The molecule has 0 saturated heterocycles. The van der Waals surface area contributed by atoms with Crippen LogP contribution >= 0.6 is 11.6 Å². The molecule has 0 fully saturated rings. The summed E-state index contributed by atoms with van der Waals surface area (Å²) in [4.78, 5) is 0. The van der Waals surface area contributed by atoms with E-state index in [9.17, 15) is 4.39 Å². The Balaban J connectivity index is 1.71. The molecule has 2 aromatic carbocycles. The zero-order valence-electron chi connectivity index (χ0n) is 10.9. The minimum Gasteiger partial charge on any atom is -0.461 e. The van der Waals surface area contributed by atoms with Gasteiger partial charge in [0.05, 0.1) is 5.38 Å². The normalized spacial score (nSPS) is 12.7. The number of furan rings is 1. The molecule has 1 unspecified atom stereocenters. The van der Waals surface area contributed by atoms with Gasteiger partial charge < -0.3 is 4.42 Å². The van der Waals surface area contributed by atoms with E-state index in [0.29, 0.717) is 5.58 Å². The highest BCUT2D eigenvalue weighted by Crippen LogP contribution is 2.27. The topological polar surface area (TPSA) is 13.1 Å². The lowest BCUT2D eigenvalue weighted by atomic mass is 10.1. The van der Waals surface area contributed by atoms with Gasteiger partial charge >= 0.3 is 0 Å². The number of alkyl halides is 1. The molecule has 3 rings (SSSR count). The van der Waals surface area contributed by atoms with Crippen LogP contribution in [0.4, 0.5) is 4.39 Å². The van der Waals surface area contributed by atoms with Crippen molar-refractivity contribution in [3.05, 3.63) is 71.7 Å². The van der Waals surface area contributed by atoms with E-state index < -0.39 is 0 Å². The van der Waals surface area contributed by atoms with Gasteiger partial charge in [-0.25, -0.2) is 4.39 Å². The average molecular weight is 289 g/mol. The average Bonchev–Trinajstić information content (AvgIpc) is 2.87. The minimum absolute atomic E-state index is 0.0406. The highest BCUT2D eigenvalue weighted by Gasteiger charge is 2.10. The summed E-state index contributed by atoms with van der Waals surface area (Å²) in [6.07, 6.45) is 1.52. The summed E-state index contributed by atoms with van der Waals surface area (Å²) in [5.74, 6) is 0.594. The molecule has 0 bridgehead atoms. The molecule has 0 saturated carbocycles. The van der Waals surface area contributed by atoms with Gasteiger partial charge in [-0.2, -0.15) is 0 Å². The van der Waals surface area contributed by atoms with Crippen LogP contribution < -0.4 is 0 Å². The third-order valence-electron chi connectivity index (χ3n) is 3.33. The van der Waals surface area contributed by atoms with Crippen LogP contribution in [0, 0.1) is 5.82 Å². The van der Waals surface area contributed by atoms with Crippen molar-refractivity contribution in [2.45, 2.75) is 18.2 Å². The van der Waals surface area contributed by atoms with Crippen LogP contribution in [0.2, 0.25) is 0 Å². The van der Waals surface area contributed by atoms with Crippen molar-refractivity contribution >= 4 is 22.6 Å². The number of fused-ring (bicyclic) bond motifs is 1. The summed E-state index contributed by atoms with van der Waals surface area (Å²) in [7, 11) is 0. The van der Waals surface area contributed by atoms with E-state index in [-0.39, 0.29) is 11.2 Å². The van der Waals surface area contributed by atoms with Gasteiger partial charge in [0.25, 0.3) is 0 Å². The Bertz CT molecular complexity index is 705. The highest BCUT2D eigenvalue weighted by molar-refractivity contribution is 6.20. The third-order valence-corrected chi connectivity index (χ3v) is 3.81. The summed E-state index contributed by atoms with van der Waals surface area (Å²) in [5, 5.41) is 0.756. The Morgan fingerprint density at radius 1 is 1.05 bits per heavy atom. The molecule has 0 radical (unpaired) electrons. The summed E-state index contributed by atoms with van der Waals surface area (Å²) >= 11 is 6.38. The molecule has 3 aromatic rings. The van der Waals surface area contributed by atoms with Crippen LogP contribution in [0.5, 0.6) is 0 Å². The van der Waals surface area contributed by atoms with Crippen molar-refractivity contribution in [2.75, 3.05) is 0 Å². The lowest BCUT2D eigenvalue weighted by Crippen LogP contribution is -1.92. The first kappa shape index (κ1) is 13.2. The molecule has 0 aliphatic rings. The molecule has 3 heteroatoms. The second-order valence-corrected chi connectivity index (χ2v) is 5.34. The predicted octanol–water partition coefficient (Wildman–Crippen LogP) is 5.48. The minimum atomic E-state index is -0.246. The van der Waals surface area contributed by atoms with E-state index in [2.05, 4.69) is 0 Å². The van der Waals surface area contributed by atoms with Crippen molar-refractivity contribution < 1.29 is 8.81 Å². The fourth-order valence-electron chi connectivity index (χ4n) is 2.29. The van der Waals surface area contributed by atoms with Crippen LogP contribution in [0.1, 0.15) is 23.1 Å². The summed E-state index contributed by atoms with van der Waals surface area (Å²) in [6, 6.07) is 16.4. The van der Waals surface area contributed by atoms with Gasteiger partial charge in [0, 0.05) is 11.8 Å². The van der Waals surface area contributed by atoms with Gasteiger partial charge in [0.15, 0.2) is 0 Å². The zero-order valence-corrected chi connectivity index (χ0v) is 11.6. The second kappa shape index (κ2) is 5.68. The molecule has 0 aliphatic carbocycles. The van der Waals surface area contributed by atoms with Crippen LogP contribution in [0.25, 0.3) is 11.0 Å². The summed E-state index contributed by atoms with van der Waals surface area (Å²) in [6.45, 7) is 0. The smallest absolute Gasteiger partial charge is 0.134 e. The van der Waals surface area contributed by atoms with E-state index >= 15 is 0 Å². The van der Waals surface area contributed by atoms with Gasteiger partial charge in [-0.1, -0.05) is 30.3 Å². The predicted molar refractivity (Wildman–Crippen MR) is 79.5 cm³/mol. The van der Waals surface area contributed by atoms with Crippen LogP contribution in [-0.2, 0) is 6.42 Å². The molecule has 0 N–H and O–H groups in total. The van der Waals surface area contributed by atoms with Gasteiger partial charge in [-0.15, -0.1) is 11.6 Å². The Hall–Kier alpha value is -1.80. The van der Waals surface area contributed by atoms with Crippen molar-refractivity contribution in [3.63, 3.8) is 0 Å². The van der Waals surface area contributed by atoms with Gasteiger partial charge in [0.2, 0.25) is 0 Å². The number of hydrogen-bond donors (Lipinski definition) is 0. The van der Waals surface area contributed by atoms with Crippen LogP contribution in [0.15, 0.2) is 59.0 Å². The van der Waals surface area contributed by atoms with Crippen molar-refractivity contribution in [1.82, 2.24) is 0 Å². The van der Waals surface area contributed by atoms with Crippen LogP contribution in [-0.4, -0.2) is 0 Å². The monoisotopic (exact) mass is 288 g/mol. The molecular weight excluding hydrogens is 275 g/mol. The number of halogens is 2. The van der Waals surface area contributed by atoms with Crippen molar-refractivity contribution in [1.29, 1.82) is 0 Å². The van der Waals surface area contributed by atoms with Gasteiger partial charge in [-0.05, 0) is 36.2 Å². The van der Waals surface area contributed by atoms with Crippen molar-refractivity contribution in [3.8, 4) is 0 Å². The molecular formula is C17H14ClFO. The highest BCUT2D eigenvalue weighted by atomic mass is 35.5. The standard InChI is InChI=1S/C17H14ClFO/c18-16(12-4-2-1-3-5-12)8-7-15-11-13-10-14(19)6-9-17(13)20-15/h1-6,9-11,16H,7-8H2. The van der Waals surface area contributed by atoms with E-state index in [4.69, 9.17) is 16.0 Å². The van der Waals surface area contributed by atoms with E-state index in [0.717, 1.165) is 29.6 Å². The van der Waals surface area contributed by atoms with E-state index in [1.807, 2.05) is 36.4 Å². The molecule has 0 aliphatic heterocycles. The van der Waals surface area contributed by atoms with Crippen LogP contribution in [0.3, 0.4) is 0 Å². The number of benzene rings is 2. The number of rotatable bonds is 4. The van der Waals surface area contributed by atoms with E-state index in [1.54, 1.807) is 6.07 Å². The second-order valence-electron chi connectivity index (χ2n) is 4.81. The Labute approximate surface area is 122 Å². The lowest BCUT2D eigenvalue weighted by molar-refractivity contribution is 0.536. The van der Waals surface area contributed by atoms with E-state index in [1.165, 1.54) is 12.1 Å². The number of aryl methyl sites for hydroxylation is 1. The zero-order chi connectivity index (χ0) is 13.9. The van der Waals surface area contributed by atoms with Gasteiger partial charge in [0.1, 0.15) is 17.2 Å². The SMILES string of the molecule is Fc1ccc2oc(CCC(Cl)c3ccccc3)cc2c1. The Kier molecular flexibility index (Phi) is 3.75. The Morgan fingerprint density at radius 2 is 1.85 bits per heavy atom. The Morgan fingerprint density at radius 3 is 2.65 bits per heavy atom. The molecule has 102 valence electrons. The maximum atomic E-state index is 13.1. The fourth-order valence-corrected chi connectivity index (χ4v) is 2.54. The molecule has 1 nitrogen and oxygen atoms in total. The van der Waals surface area contributed by atoms with Gasteiger partial charge in [-0.3, -0.25) is 0 Å². The van der Waals surface area contributed by atoms with Crippen molar-refractivity contribution in [2.24, 2.45) is 0 Å². The first-order valence-corrected chi connectivity index (χ1v) is 7.03. The summed E-state index contributed by atoms with van der Waals surface area (Å²) in [5.41, 5.74) is 1.82. The largest absolute Gasteiger partial charge is 0.461 e. The number of hydrogen-bond acceptors (Lipinski definition) is 1. The molecule has 0 spiro atoms. The molecule has 1 atom stereocenters. The lowest BCUT2D eigenvalue weighted by Gasteiger charge is -2.08. The first-order chi connectivity index (χ1) is 9.72. The molecule has 20 heavy (non-hydrogen) atoms. The first-order valence-electron chi connectivity index (χ1n) is 6.59.